The predicted molar refractivity (Wildman–Crippen MR) is 117 cm³/mol. The van der Waals surface area contributed by atoms with Crippen molar-refractivity contribution in [3.63, 3.8) is 0 Å². The van der Waals surface area contributed by atoms with Gasteiger partial charge in [0.25, 0.3) is 11.8 Å². The van der Waals surface area contributed by atoms with Gasteiger partial charge in [-0.05, 0) is 51.0 Å². The van der Waals surface area contributed by atoms with Crippen LogP contribution >= 0.6 is 0 Å². The van der Waals surface area contributed by atoms with E-state index in [0.717, 1.165) is 16.7 Å². The lowest BCUT2D eigenvalue weighted by Crippen LogP contribution is -2.41. The fourth-order valence-corrected chi connectivity index (χ4v) is 2.76. The zero-order valence-electron chi connectivity index (χ0n) is 18.1. The van der Waals surface area contributed by atoms with Gasteiger partial charge in [-0.15, -0.1) is 0 Å². The molecule has 0 fully saturated rings. The Bertz CT molecular complexity index is 949. The molecule has 3 amide bonds. The number of benzene rings is 2. The van der Waals surface area contributed by atoms with E-state index in [1.165, 1.54) is 6.92 Å². The molecule has 0 aliphatic rings. The maximum Gasteiger partial charge on any atom is 0.326 e. The molecule has 0 heterocycles. The molecule has 0 saturated carbocycles. The van der Waals surface area contributed by atoms with E-state index in [4.69, 9.17) is 4.74 Å². The van der Waals surface area contributed by atoms with E-state index in [1.807, 2.05) is 39.0 Å². The van der Waals surface area contributed by atoms with Gasteiger partial charge in [0.2, 0.25) is 5.91 Å². The molecule has 2 aromatic rings. The van der Waals surface area contributed by atoms with Gasteiger partial charge in [0, 0.05) is 11.3 Å². The monoisotopic (exact) mass is 425 g/mol. The molecular weight excluding hydrogens is 398 g/mol. The van der Waals surface area contributed by atoms with Crippen LogP contribution in [-0.2, 0) is 19.1 Å². The lowest BCUT2D eigenvalue weighted by atomic mass is 10.1. The summed E-state index contributed by atoms with van der Waals surface area (Å²) in [5.74, 6) is -2.19. The van der Waals surface area contributed by atoms with E-state index in [2.05, 4.69) is 16.0 Å². The van der Waals surface area contributed by atoms with E-state index in [0.29, 0.717) is 11.3 Å². The first kappa shape index (κ1) is 23.6. The molecule has 164 valence electrons. The third-order valence-corrected chi connectivity index (χ3v) is 4.55. The first-order valence-corrected chi connectivity index (χ1v) is 9.85. The average Bonchev–Trinajstić information content (AvgIpc) is 2.73. The Kier molecular flexibility index (Phi) is 8.31. The van der Waals surface area contributed by atoms with Gasteiger partial charge < -0.3 is 20.7 Å². The standard InChI is InChI=1S/C23H27N3O5/c1-14-8-10-18(11-9-14)23(30)25-13-20(28)31-17(4)22(29)24-12-19(27)26-21-15(2)6-5-7-16(21)3/h5-11,17H,12-13H2,1-4H3,(H,24,29)(H,25,30)(H,26,27). The second-order valence-corrected chi connectivity index (χ2v) is 7.21. The number of hydrogen-bond donors (Lipinski definition) is 3. The summed E-state index contributed by atoms with van der Waals surface area (Å²) in [6.45, 7) is 6.40. The molecule has 2 rings (SSSR count). The first-order chi connectivity index (χ1) is 14.7. The van der Waals surface area contributed by atoms with Crippen LogP contribution in [0.4, 0.5) is 5.69 Å². The average molecular weight is 425 g/mol. The highest BCUT2D eigenvalue weighted by molar-refractivity contribution is 5.97. The van der Waals surface area contributed by atoms with Gasteiger partial charge in [-0.25, -0.2) is 0 Å². The molecule has 0 spiro atoms. The number of anilines is 1. The van der Waals surface area contributed by atoms with Crippen molar-refractivity contribution < 1.29 is 23.9 Å². The number of nitrogens with one attached hydrogen (secondary N) is 3. The van der Waals surface area contributed by atoms with Crippen molar-refractivity contribution in [2.45, 2.75) is 33.8 Å². The van der Waals surface area contributed by atoms with Gasteiger partial charge in [0.1, 0.15) is 6.54 Å². The number of rotatable bonds is 8. The zero-order valence-corrected chi connectivity index (χ0v) is 18.1. The maximum absolute atomic E-state index is 12.1. The zero-order chi connectivity index (χ0) is 23.0. The number of aryl methyl sites for hydroxylation is 3. The van der Waals surface area contributed by atoms with Gasteiger partial charge in [-0.3, -0.25) is 19.2 Å². The summed E-state index contributed by atoms with van der Waals surface area (Å²) in [7, 11) is 0. The Morgan fingerprint density at radius 1 is 0.871 bits per heavy atom. The minimum Gasteiger partial charge on any atom is -0.451 e. The molecule has 1 atom stereocenters. The number of carbonyl (C=O) groups is 4. The predicted octanol–water partition coefficient (Wildman–Crippen LogP) is 2.03. The SMILES string of the molecule is Cc1ccc(C(=O)NCC(=O)OC(C)C(=O)NCC(=O)Nc2c(C)cccc2C)cc1. The summed E-state index contributed by atoms with van der Waals surface area (Å²) in [5.41, 5.74) is 3.95. The van der Waals surface area contributed by atoms with Crippen molar-refractivity contribution in [2.24, 2.45) is 0 Å². The normalized spacial score (nSPS) is 11.2. The molecule has 8 heteroatoms. The summed E-state index contributed by atoms with van der Waals surface area (Å²) >= 11 is 0. The lowest BCUT2D eigenvalue weighted by Gasteiger charge is -2.15. The van der Waals surface area contributed by atoms with Gasteiger partial charge in [-0.1, -0.05) is 35.9 Å². The van der Waals surface area contributed by atoms with E-state index < -0.39 is 29.8 Å². The lowest BCUT2D eigenvalue weighted by molar-refractivity contribution is -0.153. The Hall–Kier alpha value is -3.68. The van der Waals surface area contributed by atoms with Gasteiger partial charge in [-0.2, -0.15) is 0 Å². The molecule has 3 N–H and O–H groups in total. The number of carbonyl (C=O) groups excluding carboxylic acids is 4. The van der Waals surface area contributed by atoms with Gasteiger partial charge in [0.15, 0.2) is 6.10 Å². The summed E-state index contributed by atoms with van der Waals surface area (Å²) in [4.78, 5) is 48.1. The Balaban J connectivity index is 1.74. The van der Waals surface area contributed by atoms with E-state index in [9.17, 15) is 19.2 Å². The second kappa shape index (κ2) is 10.9. The largest absolute Gasteiger partial charge is 0.451 e. The maximum atomic E-state index is 12.1. The van der Waals surface area contributed by atoms with Crippen LogP contribution in [0, 0.1) is 20.8 Å². The molecule has 0 bridgehead atoms. The third kappa shape index (κ3) is 7.26. The molecule has 31 heavy (non-hydrogen) atoms. The summed E-state index contributed by atoms with van der Waals surface area (Å²) < 4.78 is 5.01. The molecule has 0 aromatic heterocycles. The van der Waals surface area contributed by atoms with Crippen molar-refractivity contribution in [1.82, 2.24) is 10.6 Å². The minimum atomic E-state index is -1.11. The van der Waals surface area contributed by atoms with Crippen molar-refractivity contribution in [2.75, 3.05) is 18.4 Å². The third-order valence-electron chi connectivity index (χ3n) is 4.55. The van der Waals surface area contributed by atoms with Crippen LogP contribution < -0.4 is 16.0 Å². The van der Waals surface area contributed by atoms with Crippen LogP contribution in [0.25, 0.3) is 0 Å². The second-order valence-electron chi connectivity index (χ2n) is 7.21. The van der Waals surface area contributed by atoms with E-state index >= 15 is 0 Å². The fraction of sp³-hybridized carbons (Fsp3) is 0.304. The molecule has 0 saturated heterocycles. The number of ether oxygens (including phenoxy) is 1. The molecule has 2 aromatic carbocycles. The summed E-state index contributed by atoms with van der Waals surface area (Å²) in [6, 6.07) is 12.5. The van der Waals surface area contributed by atoms with Crippen LogP contribution in [0.1, 0.15) is 34.0 Å². The Morgan fingerprint density at radius 2 is 1.48 bits per heavy atom. The van der Waals surface area contributed by atoms with Crippen LogP contribution in [0.5, 0.6) is 0 Å². The van der Waals surface area contributed by atoms with E-state index in [1.54, 1.807) is 24.3 Å². The number of amides is 3. The van der Waals surface area contributed by atoms with Crippen molar-refractivity contribution in [1.29, 1.82) is 0 Å². The number of esters is 1. The Morgan fingerprint density at radius 3 is 2.10 bits per heavy atom. The fourth-order valence-electron chi connectivity index (χ4n) is 2.76. The number of para-hydroxylation sites is 1. The highest BCUT2D eigenvalue weighted by atomic mass is 16.5. The molecule has 0 aliphatic heterocycles. The minimum absolute atomic E-state index is 0.265. The highest BCUT2D eigenvalue weighted by Crippen LogP contribution is 2.18. The van der Waals surface area contributed by atoms with E-state index in [-0.39, 0.29) is 13.1 Å². The first-order valence-electron chi connectivity index (χ1n) is 9.85. The number of hydrogen-bond acceptors (Lipinski definition) is 5. The smallest absolute Gasteiger partial charge is 0.326 e. The molecule has 0 radical (unpaired) electrons. The van der Waals surface area contributed by atoms with Crippen molar-refractivity contribution in [3.05, 3.63) is 64.7 Å². The van der Waals surface area contributed by atoms with Crippen LogP contribution in [0.15, 0.2) is 42.5 Å². The highest BCUT2D eigenvalue weighted by Gasteiger charge is 2.19. The van der Waals surface area contributed by atoms with Crippen LogP contribution in [0.2, 0.25) is 0 Å². The quantitative estimate of drug-likeness (QED) is 0.560. The van der Waals surface area contributed by atoms with Gasteiger partial charge in [0.05, 0.1) is 6.54 Å². The van der Waals surface area contributed by atoms with Crippen molar-refractivity contribution in [3.8, 4) is 0 Å². The molecule has 0 aliphatic carbocycles. The van der Waals surface area contributed by atoms with Crippen LogP contribution in [-0.4, -0.2) is 42.9 Å². The van der Waals surface area contributed by atoms with Crippen LogP contribution in [0.3, 0.4) is 0 Å². The topological polar surface area (TPSA) is 114 Å². The molecule has 1 unspecified atom stereocenters. The van der Waals surface area contributed by atoms with Crippen molar-refractivity contribution >= 4 is 29.4 Å². The summed E-state index contributed by atoms with van der Waals surface area (Å²) in [6.07, 6.45) is -1.11. The van der Waals surface area contributed by atoms with Gasteiger partial charge >= 0.3 is 5.97 Å². The summed E-state index contributed by atoms with van der Waals surface area (Å²) in [5, 5.41) is 7.62. The molecule has 8 nitrogen and oxygen atoms in total. The Labute approximate surface area is 181 Å². The molecular formula is C23H27N3O5.